The van der Waals surface area contributed by atoms with Gasteiger partial charge in [-0.25, -0.2) is 9.97 Å². The summed E-state index contributed by atoms with van der Waals surface area (Å²) in [6.45, 7) is 9.31. The largest absolute Gasteiger partial charge is 0.486 e. The Hall–Kier alpha value is -3.16. The molecule has 0 radical (unpaired) electrons. The van der Waals surface area contributed by atoms with Crippen LogP contribution >= 0.6 is 0 Å². The first kappa shape index (κ1) is 25.1. The van der Waals surface area contributed by atoms with Crippen molar-refractivity contribution in [2.75, 3.05) is 61.0 Å². The molecule has 0 bridgehead atoms. The molecular formula is C28H34N6O3S. The minimum absolute atomic E-state index is 0.0473. The van der Waals surface area contributed by atoms with Crippen molar-refractivity contribution in [3.05, 3.63) is 35.2 Å². The van der Waals surface area contributed by atoms with Gasteiger partial charge < -0.3 is 19.9 Å². The number of ether oxygens (including phenoxy) is 1. The maximum atomic E-state index is 12.1. The molecule has 6 rings (SSSR count). The number of piperidine rings is 1. The number of nitrogens with one attached hydrogen (secondary N) is 1. The number of aryl methyl sites for hydroxylation is 1. The summed E-state index contributed by atoms with van der Waals surface area (Å²) in [5.74, 6) is 9.65. The molecule has 5 heterocycles. The zero-order valence-electron chi connectivity index (χ0n) is 22.0. The number of hydrogen-bond donors (Lipinski definition) is 1. The Morgan fingerprint density at radius 2 is 1.89 bits per heavy atom. The highest BCUT2D eigenvalue weighted by atomic mass is 32.2. The first-order valence-corrected chi connectivity index (χ1v) is 14.9. The third-order valence-electron chi connectivity index (χ3n) is 8.19. The van der Waals surface area contributed by atoms with Gasteiger partial charge >= 0.3 is 0 Å². The predicted molar refractivity (Wildman–Crippen MR) is 148 cm³/mol. The van der Waals surface area contributed by atoms with Crippen LogP contribution in [-0.4, -0.2) is 86.7 Å². The van der Waals surface area contributed by atoms with Gasteiger partial charge in [0.15, 0.2) is 0 Å². The number of amides is 1. The SMILES string of the molecule is CC#CC(=O)N1CCC(N2CC(c3cc(C)c4c(c3)Nc3ncnc(N5CCS(=O)CC5)c3CO4)C2)CC1. The van der Waals surface area contributed by atoms with Crippen LogP contribution in [0.4, 0.5) is 17.3 Å². The van der Waals surface area contributed by atoms with Crippen LogP contribution in [0.5, 0.6) is 5.75 Å². The minimum Gasteiger partial charge on any atom is -0.486 e. The van der Waals surface area contributed by atoms with Crippen molar-refractivity contribution in [2.24, 2.45) is 0 Å². The number of likely N-dealkylation sites (tertiary alicyclic amines) is 2. The lowest BCUT2D eigenvalue weighted by Crippen LogP contribution is -2.54. The van der Waals surface area contributed by atoms with Gasteiger partial charge in [0.25, 0.3) is 5.91 Å². The van der Waals surface area contributed by atoms with Crippen LogP contribution in [-0.2, 0) is 22.2 Å². The number of fused-ring (bicyclic) bond motifs is 2. The van der Waals surface area contributed by atoms with Crippen LogP contribution in [0.25, 0.3) is 0 Å². The molecule has 38 heavy (non-hydrogen) atoms. The van der Waals surface area contributed by atoms with Crippen LogP contribution in [0.1, 0.15) is 42.4 Å². The van der Waals surface area contributed by atoms with E-state index >= 15 is 0 Å². The monoisotopic (exact) mass is 534 g/mol. The minimum atomic E-state index is -0.743. The van der Waals surface area contributed by atoms with Crippen molar-refractivity contribution in [2.45, 2.75) is 45.3 Å². The molecule has 0 atom stereocenters. The Balaban J connectivity index is 1.13. The number of carbonyl (C=O) groups excluding carboxylic acids is 1. The molecule has 1 amide bonds. The number of nitrogens with zero attached hydrogens (tertiary/aromatic N) is 5. The summed E-state index contributed by atoms with van der Waals surface area (Å²) in [7, 11) is -0.743. The Morgan fingerprint density at radius 3 is 2.63 bits per heavy atom. The summed E-state index contributed by atoms with van der Waals surface area (Å²) in [6.07, 6.45) is 3.62. The van der Waals surface area contributed by atoms with E-state index < -0.39 is 10.8 Å². The third-order valence-corrected chi connectivity index (χ3v) is 9.47. The van der Waals surface area contributed by atoms with Gasteiger partial charge in [-0.15, -0.1) is 0 Å². The van der Waals surface area contributed by atoms with E-state index in [-0.39, 0.29) is 5.91 Å². The standard InChI is InChI=1S/C28H34N6O3S/c1-3-4-25(35)32-7-5-22(6-8-32)34-15-21(16-34)20-13-19(2)26-24(14-20)31-27-23(17-37-26)28(30-18-29-27)33-9-11-38(36)12-10-33/h13-14,18,21-22H,5-12,15-17H2,1-2H3,(H,29,30,31). The van der Waals surface area contributed by atoms with Gasteiger partial charge in [-0.2, -0.15) is 0 Å². The van der Waals surface area contributed by atoms with E-state index in [1.165, 1.54) is 5.56 Å². The number of benzene rings is 1. The smallest absolute Gasteiger partial charge is 0.298 e. The summed E-state index contributed by atoms with van der Waals surface area (Å²) >= 11 is 0. The molecule has 0 spiro atoms. The molecule has 2 aromatic rings. The zero-order valence-corrected chi connectivity index (χ0v) is 22.9. The maximum Gasteiger partial charge on any atom is 0.298 e. The second kappa shape index (κ2) is 10.5. The molecule has 200 valence electrons. The van der Waals surface area contributed by atoms with Gasteiger partial charge in [-0.1, -0.05) is 12.0 Å². The van der Waals surface area contributed by atoms with Crippen molar-refractivity contribution in [3.63, 3.8) is 0 Å². The molecule has 1 N–H and O–H groups in total. The second-order valence-electron chi connectivity index (χ2n) is 10.5. The number of anilines is 3. The van der Waals surface area contributed by atoms with Gasteiger partial charge in [0.1, 0.15) is 30.3 Å². The van der Waals surface area contributed by atoms with Gasteiger partial charge in [0.2, 0.25) is 0 Å². The molecule has 4 aliphatic heterocycles. The molecule has 0 aliphatic carbocycles. The normalized spacial score (nSPS) is 20.7. The zero-order chi connectivity index (χ0) is 26.2. The van der Waals surface area contributed by atoms with Gasteiger partial charge in [-0.05, 0) is 49.8 Å². The highest BCUT2D eigenvalue weighted by molar-refractivity contribution is 7.85. The summed E-state index contributed by atoms with van der Waals surface area (Å²) in [6, 6.07) is 5.01. The average Bonchev–Trinajstić information content (AvgIpc) is 3.08. The number of hydrogen-bond acceptors (Lipinski definition) is 8. The Kier molecular flexibility index (Phi) is 6.97. The Labute approximate surface area is 226 Å². The van der Waals surface area contributed by atoms with E-state index in [4.69, 9.17) is 4.74 Å². The second-order valence-corrected chi connectivity index (χ2v) is 12.2. The van der Waals surface area contributed by atoms with Gasteiger partial charge in [0.05, 0.1) is 11.3 Å². The van der Waals surface area contributed by atoms with E-state index in [0.717, 1.165) is 86.3 Å². The average molecular weight is 535 g/mol. The lowest BCUT2D eigenvalue weighted by Gasteiger charge is -2.47. The molecule has 9 nitrogen and oxygen atoms in total. The number of aromatic nitrogens is 2. The van der Waals surface area contributed by atoms with E-state index in [9.17, 15) is 9.00 Å². The Bertz CT molecular complexity index is 1310. The number of rotatable bonds is 3. The van der Waals surface area contributed by atoms with Crippen LogP contribution < -0.4 is 15.0 Å². The molecule has 3 saturated heterocycles. The summed E-state index contributed by atoms with van der Waals surface area (Å²) in [4.78, 5) is 27.8. The Morgan fingerprint density at radius 1 is 1.13 bits per heavy atom. The molecule has 3 fully saturated rings. The fourth-order valence-electron chi connectivity index (χ4n) is 6.00. The van der Waals surface area contributed by atoms with Crippen LogP contribution in [0.2, 0.25) is 0 Å². The van der Waals surface area contributed by atoms with Crippen molar-refractivity contribution >= 4 is 34.0 Å². The van der Waals surface area contributed by atoms with Crippen molar-refractivity contribution in [3.8, 4) is 17.6 Å². The predicted octanol–water partition coefficient (Wildman–Crippen LogP) is 2.40. The van der Waals surface area contributed by atoms with Crippen molar-refractivity contribution < 1.29 is 13.7 Å². The first-order valence-electron chi connectivity index (χ1n) is 13.4. The van der Waals surface area contributed by atoms with Crippen LogP contribution in [0.3, 0.4) is 0 Å². The fraction of sp³-hybridized carbons (Fsp3) is 0.536. The molecule has 0 saturated carbocycles. The lowest BCUT2D eigenvalue weighted by atomic mass is 9.87. The number of carbonyl (C=O) groups is 1. The maximum absolute atomic E-state index is 12.1. The van der Waals surface area contributed by atoms with E-state index in [1.807, 2.05) is 4.90 Å². The fourth-order valence-corrected chi connectivity index (χ4v) is 7.05. The molecular weight excluding hydrogens is 500 g/mol. The van der Waals surface area contributed by atoms with Crippen LogP contribution in [0.15, 0.2) is 18.5 Å². The van der Waals surface area contributed by atoms with Crippen molar-refractivity contribution in [1.82, 2.24) is 19.8 Å². The van der Waals surface area contributed by atoms with Crippen molar-refractivity contribution in [1.29, 1.82) is 0 Å². The molecule has 4 aliphatic rings. The van der Waals surface area contributed by atoms with E-state index in [2.05, 4.69) is 56.0 Å². The van der Waals surface area contributed by atoms with Gasteiger partial charge in [0, 0.05) is 73.5 Å². The molecule has 1 aromatic heterocycles. The van der Waals surface area contributed by atoms with Crippen LogP contribution in [0, 0.1) is 18.8 Å². The summed E-state index contributed by atoms with van der Waals surface area (Å²) in [5, 5.41) is 3.55. The first-order chi connectivity index (χ1) is 18.5. The quantitative estimate of drug-likeness (QED) is 0.601. The molecule has 0 unspecified atom stereocenters. The van der Waals surface area contributed by atoms with Gasteiger partial charge in [-0.3, -0.25) is 13.9 Å². The summed E-state index contributed by atoms with van der Waals surface area (Å²) in [5.41, 5.74) is 4.33. The molecule has 10 heteroatoms. The highest BCUT2D eigenvalue weighted by Gasteiger charge is 2.36. The third kappa shape index (κ3) is 4.85. The van der Waals surface area contributed by atoms with E-state index in [0.29, 0.717) is 30.1 Å². The molecule has 1 aromatic carbocycles. The summed E-state index contributed by atoms with van der Waals surface area (Å²) < 4.78 is 18.2. The highest BCUT2D eigenvalue weighted by Crippen LogP contribution is 2.42. The van der Waals surface area contributed by atoms with E-state index in [1.54, 1.807) is 13.3 Å². The lowest BCUT2D eigenvalue weighted by molar-refractivity contribution is -0.126. The topological polar surface area (TPSA) is 90.9 Å².